The fraction of sp³-hybridized carbons (Fsp3) is 0.174. The average Bonchev–Trinajstić information content (AvgIpc) is 3.23. The molecule has 4 rings (SSSR count). The SMILES string of the molecule is Cc1ccc(S(=O)(=O)N(CCC(=O)Nc2ccc3c(c2)OCO3)c2ccccc2)cc1. The highest BCUT2D eigenvalue weighted by Gasteiger charge is 2.25. The fourth-order valence-electron chi connectivity index (χ4n) is 3.22. The normalized spacial score (nSPS) is 12.4. The second-order valence-corrected chi connectivity index (χ2v) is 8.95. The molecule has 0 bridgehead atoms. The van der Waals surface area contributed by atoms with E-state index >= 15 is 0 Å². The lowest BCUT2D eigenvalue weighted by Gasteiger charge is -2.24. The molecule has 0 radical (unpaired) electrons. The van der Waals surface area contributed by atoms with Gasteiger partial charge in [0.25, 0.3) is 10.0 Å². The van der Waals surface area contributed by atoms with Gasteiger partial charge in [-0.25, -0.2) is 8.42 Å². The van der Waals surface area contributed by atoms with Gasteiger partial charge in [-0.1, -0.05) is 35.9 Å². The van der Waals surface area contributed by atoms with Gasteiger partial charge in [0.2, 0.25) is 12.7 Å². The molecule has 1 aliphatic heterocycles. The van der Waals surface area contributed by atoms with Gasteiger partial charge in [-0.3, -0.25) is 9.10 Å². The van der Waals surface area contributed by atoms with Crippen molar-refractivity contribution in [3.05, 3.63) is 78.4 Å². The predicted molar refractivity (Wildman–Crippen MR) is 118 cm³/mol. The molecule has 0 fully saturated rings. The maximum absolute atomic E-state index is 13.3. The van der Waals surface area contributed by atoms with E-state index in [1.54, 1.807) is 66.7 Å². The van der Waals surface area contributed by atoms with Crippen molar-refractivity contribution in [2.24, 2.45) is 0 Å². The Labute approximate surface area is 181 Å². The molecule has 31 heavy (non-hydrogen) atoms. The van der Waals surface area contributed by atoms with E-state index in [4.69, 9.17) is 9.47 Å². The number of anilines is 2. The van der Waals surface area contributed by atoms with Crippen LogP contribution in [0.3, 0.4) is 0 Å². The number of benzene rings is 3. The Bertz CT molecular complexity index is 1180. The van der Waals surface area contributed by atoms with Crippen molar-refractivity contribution in [3.63, 3.8) is 0 Å². The number of hydrogen-bond acceptors (Lipinski definition) is 5. The third kappa shape index (κ3) is 4.64. The minimum Gasteiger partial charge on any atom is -0.454 e. The Morgan fingerprint density at radius 1 is 0.968 bits per heavy atom. The lowest BCUT2D eigenvalue weighted by Crippen LogP contribution is -2.34. The monoisotopic (exact) mass is 438 g/mol. The highest BCUT2D eigenvalue weighted by molar-refractivity contribution is 7.92. The van der Waals surface area contributed by atoms with E-state index in [2.05, 4.69) is 5.32 Å². The molecule has 3 aromatic carbocycles. The number of sulfonamides is 1. The molecule has 1 amide bonds. The van der Waals surface area contributed by atoms with Crippen LogP contribution in [0.15, 0.2) is 77.7 Å². The van der Waals surface area contributed by atoms with Crippen LogP contribution in [0.25, 0.3) is 0 Å². The molecule has 0 atom stereocenters. The lowest BCUT2D eigenvalue weighted by molar-refractivity contribution is -0.116. The van der Waals surface area contributed by atoms with Crippen LogP contribution in [0.4, 0.5) is 11.4 Å². The average molecular weight is 439 g/mol. The summed E-state index contributed by atoms with van der Waals surface area (Å²) >= 11 is 0. The topological polar surface area (TPSA) is 84.9 Å². The minimum absolute atomic E-state index is 0.00336. The third-order valence-electron chi connectivity index (χ3n) is 4.85. The Balaban J connectivity index is 1.51. The lowest BCUT2D eigenvalue weighted by atomic mass is 10.2. The van der Waals surface area contributed by atoms with Crippen molar-refractivity contribution >= 4 is 27.3 Å². The Morgan fingerprint density at radius 3 is 2.42 bits per heavy atom. The van der Waals surface area contributed by atoms with E-state index in [0.717, 1.165) is 5.56 Å². The number of fused-ring (bicyclic) bond motifs is 1. The molecule has 3 aromatic rings. The van der Waals surface area contributed by atoms with Crippen molar-refractivity contribution < 1.29 is 22.7 Å². The van der Waals surface area contributed by atoms with E-state index in [-0.39, 0.29) is 30.6 Å². The number of para-hydroxylation sites is 1. The molecular weight excluding hydrogens is 416 g/mol. The summed E-state index contributed by atoms with van der Waals surface area (Å²) in [6.07, 6.45) is -0.0194. The number of nitrogens with zero attached hydrogens (tertiary/aromatic N) is 1. The molecule has 160 valence electrons. The number of carbonyl (C=O) groups is 1. The van der Waals surface area contributed by atoms with E-state index < -0.39 is 10.0 Å². The number of amides is 1. The van der Waals surface area contributed by atoms with Crippen molar-refractivity contribution in [1.82, 2.24) is 0 Å². The summed E-state index contributed by atoms with van der Waals surface area (Å²) in [5.41, 5.74) is 2.02. The number of rotatable bonds is 7. The third-order valence-corrected chi connectivity index (χ3v) is 6.69. The zero-order valence-electron chi connectivity index (χ0n) is 16.9. The van der Waals surface area contributed by atoms with Gasteiger partial charge in [0.05, 0.1) is 10.6 Å². The Kier molecular flexibility index (Phi) is 5.81. The molecule has 1 heterocycles. The van der Waals surface area contributed by atoms with Gasteiger partial charge < -0.3 is 14.8 Å². The van der Waals surface area contributed by atoms with Crippen LogP contribution in [0, 0.1) is 6.92 Å². The summed E-state index contributed by atoms with van der Waals surface area (Å²) in [5, 5.41) is 2.78. The highest BCUT2D eigenvalue weighted by Crippen LogP contribution is 2.34. The summed E-state index contributed by atoms with van der Waals surface area (Å²) in [6, 6.07) is 20.5. The largest absolute Gasteiger partial charge is 0.454 e. The molecular formula is C23H22N2O5S. The maximum Gasteiger partial charge on any atom is 0.264 e. The first-order valence-corrected chi connectivity index (χ1v) is 11.2. The maximum atomic E-state index is 13.3. The molecule has 7 nitrogen and oxygen atoms in total. The number of carbonyl (C=O) groups excluding carboxylic acids is 1. The van der Waals surface area contributed by atoms with Crippen molar-refractivity contribution in [3.8, 4) is 11.5 Å². The molecule has 0 spiro atoms. The number of ether oxygens (including phenoxy) is 2. The molecule has 1 N–H and O–H groups in total. The Morgan fingerprint density at radius 2 is 1.68 bits per heavy atom. The fourth-order valence-corrected chi connectivity index (χ4v) is 4.69. The smallest absolute Gasteiger partial charge is 0.264 e. The second kappa shape index (κ2) is 8.69. The summed E-state index contributed by atoms with van der Waals surface area (Å²) < 4.78 is 38.5. The van der Waals surface area contributed by atoms with Crippen LogP contribution >= 0.6 is 0 Å². The molecule has 0 saturated carbocycles. The molecule has 0 aliphatic carbocycles. The number of hydrogen-bond donors (Lipinski definition) is 1. The van der Waals surface area contributed by atoms with Crippen molar-refractivity contribution in [1.29, 1.82) is 0 Å². The first kappa shape index (κ1) is 20.7. The first-order valence-electron chi connectivity index (χ1n) is 9.77. The second-order valence-electron chi connectivity index (χ2n) is 7.09. The molecule has 8 heteroatoms. The zero-order valence-corrected chi connectivity index (χ0v) is 17.8. The summed E-state index contributed by atoms with van der Waals surface area (Å²) in [7, 11) is -3.83. The number of nitrogens with one attached hydrogen (secondary N) is 1. The summed E-state index contributed by atoms with van der Waals surface area (Å²) in [5.74, 6) is 0.877. The van der Waals surface area contributed by atoms with E-state index in [1.807, 2.05) is 13.0 Å². The molecule has 1 aliphatic rings. The van der Waals surface area contributed by atoms with E-state index in [1.165, 1.54) is 4.31 Å². The standard InChI is InChI=1S/C23H22N2O5S/c1-17-7-10-20(11-8-17)31(27,28)25(19-5-3-2-4-6-19)14-13-23(26)24-18-9-12-21-22(15-18)30-16-29-21/h2-12,15H,13-14,16H2,1H3,(H,24,26). The van der Waals surface area contributed by atoms with Crippen LogP contribution in [-0.2, 0) is 14.8 Å². The van der Waals surface area contributed by atoms with Gasteiger partial charge in [0.1, 0.15) is 0 Å². The van der Waals surface area contributed by atoms with Crippen LogP contribution in [0.2, 0.25) is 0 Å². The first-order chi connectivity index (χ1) is 14.9. The van der Waals surface area contributed by atoms with Gasteiger partial charge >= 0.3 is 0 Å². The van der Waals surface area contributed by atoms with Crippen LogP contribution in [-0.4, -0.2) is 27.7 Å². The van der Waals surface area contributed by atoms with Crippen molar-refractivity contribution in [2.45, 2.75) is 18.2 Å². The van der Waals surface area contributed by atoms with Crippen LogP contribution in [0.1, 0.15) is 12.0 Å². The van der Waals surface area contributed by atoms with Gasteiger partial charge in [0, 0.05) is 24.7 Å². The predicted octanol–water partition coefficient (Wildman–Crippen LogP) is 3.95. The van der Waals surface area contributed by atoms with Crippen molar-refractivity contribution in [2.75, 3.05) is 23.0 Å². The minimum atomic E-state index is -3.83. The van der Waals surface area contributed by atoms with Crippen LogP contribution < -0.4 is 19.1 Å². The van der Waals surface area contributed by atoms with Gasteiger partial charge in [-0.05, 0) is 43.3 Å². The molecule has 0 aromatic heterocycles. The van der Waals surface area contributed by atoms with Gasteiger partial charge in [-0.2, -0.15) is 0 Å². The van der Waals surface area contributed by atoms with E-state index in [0.29, 0.717) is 22.9 Å². The van der Waals surface area contributed by atoms with E-state index in [9.17, 15) is 13.2 Å². The molecule has 0 saturated heterocycles. The van der Waals surface area contributed by atoms with Crippen LogP contribution in [0.5, 0.6) is 11.5 Å². The highest BCUT2D eigenvalue weighted by atomic mass is 32.2. The number of aryl methyl sites for hydroxylation is 1. The summed E-state index contributed by atoms with van der Waals surface area (Å²) in [6.45, 7) is 2.04. The van der Waals surface area contributed by atoms with Gasteiger partial charge in [-0.15, -0.1) is 0 Å². The zero-order chi connectivity index (χ0) is 21.8. The Hall–Kier alpha value is -3.52. The summed E-state index contributed by atoms with van der Waals surface area (Å²) in [4.78, 5) is 12.7. The quantitative estimate of drug-likeness (QED) is 0.604. The van der Waals surface area contributed by atoms with Gasteiger partial charge in [0.15, 0.2) is 11.5 Å². The molecule has 0 unspecified atom stereocenters.